The number of aliphatic hydroxyl groups excluding tert-OH is 1. The minimum atomic E-state index is 0.326. The Morgan fingerprint density at radius 1 is 1.25 bits per heavy atom. The second kappa shape index (κ2) is 9.36. The molecule has 1 unspecified atom stereocenters. The van der Waals surface area contributed by atoms with Crippen LogP contribution < -0.4 is 5.73 Å². The number of hydrogen-bond acceptors (Lipinski definition) is 3. The van der Waals surface area contributed by atoms with Crippen LogP contribution in [-0.4, -0.2) is 29.3 Å². The van der Waals surface area contributed by atoms with Gasteiger partial charge < -0.3 is 10.8 Å². The van der Waals surface area contributed by atoms with E-state index in [-0.39, 0.29) is 0 Å². The van der Waals surface area contributed by atoms with Crippen LogP contribution in [0.5, 0.6) is 0 Å². The molecular weight excluding hydrogens is 170 g/mol. The molecule has 74 valence electrons. The molecule has 0 fully saturated rings. The molecule has 0 radical (unpaired) electrons. The zero-order valence-electron chi connectivity index (χ0n) is 7.96. The van der Waals surface area contributed by atoms with Gasteiger partial charge in [-0.05, 0) is 37.7 Å². The third-order valence-electron chi connectivity index (χ3n) is 1.64. The van der Waals surface area contributed by atoms with Crippen molar-refractivity contribution in [3.05, 3.63) is 0 Å². The molecule has 0 aliphatic heterocycles. The summed E-state index contributed by atoms with van der Waals surface area (Å²) in [4.78, 5) is 0. The Balaban J connectivity index is 2.82. The average molecular weight is 191 g/mol. The minimum Gasteiger partial charge on any atom is -0.396 e. The van der Waals surface area contributed by atoms with Crippen LogP contribution in [0.25, 0.3) is 0 Å². The molecule has 0 bridgehead atoms. The molecule has 0 aromatic rings. The van der Waals surface area contributed by atoms with Crippen molar-refractivity contribution in [3.63, 3.8) is 0 Å². The highest BCUT2D eigenvalue weighted by molar-refractivity contribution is 7.99. The Morgan fingerprint density at radius 2 is 1.92 bits per heavy atom. The molecule has 0 aromatic carbocycles. The van der Waals surface area contributed by atoms with E-state index in [1.54, 1.807) is 0 Å². The molecule has 0 saturated carbocycles. The average Bonchev–Trinajstić information content (AvgIpc) is 2.02. The topological polar surface area (TPSA) is 46.2 Å². The van der Waals surface area contributed by atoms with Gasteiger partial charge in [0.2, 0.25) is 0 Å². The number of nitrogens with two attached hydrogens (primary N) is 1. The third-order valence-corrected chi connectivity index (χ3v) is 2.80. The SMILES string of the molecule is CC(N)CCCCSCCCO. The van der Waals surface area contributed by atoms with Crippen molar-refractivity contribution in [2.45, 2.75) is 38.6 Å². The van der Waals surface area contributed by atoms with Crippen LogP contribution in [0, 0.1) is 0 Å². The van der Waals surface area contributed by atoms with Crippen LogP contribution in [-0.2, 0) is 0 Å². The van der Waals surface area contributed by atoms with E-state index in [1.165, 1.54) is 18.6 Å². The molecule has 0 heterocycles. The predicted octanol–water partition coefficient (Wildman–Crippen LogP) is 1.62. The molecule has 0 amide bonds. The van der Waals surface area contributed by atoms with E-state index in [0.717, 1.165) is 18.6 Å². The van der Waals surface area contributed by atoms with E-state index in [2.05, 4.69) is 6.92 Å². The van der Waals surface area contributed by atoms with Gasteiger partial charge >= 0.3 is 0 Å². The first-order valence-corrected chi connectivity index (χ1v) is 5.87. The minimum absolute atomic E-state index is 0.326. The summed E-state index contributed by atoms with van der Waals surface area (Å²) in [6, 6.07) is 0.354. The lowest BCUT2D eigenvalue weighted by atomic mass is 10.2. The van der Waals surface area contributed by atoms with Crippen molar-refractivity contribution in [1.29, 1.82) is 0 Å². The largest absolute Gasteiger partial charge is 0.396 e. The van der Waals surface area contributed by atoms with E-state index in [0.29, 0.717) is 12.6 Å². The van der Waals surface area contributed by atoms with E-state index in [9.17, 15) is 0 Å². The number of aliphatic hydroxyl groups is 1. The summed E-state index contributed by atoms with van der Waals surface area (Å²) in [5.74, 6) is 2.31. The van der Waals surface area contributed by atoms with Gasteiger partial charge in [0.05, 0.1) is 0 Å². The van der Waals surface area contributed by atoms with Crippen molar-refractivity contribution >= 4 is 11.8 Å². The smallest absolute Gasteiger partial charge is 0.0438 e. The normalized spacial score (nSPS) is 13.2. The maximum atomic E-state index is 8.51. The fourth-order valence-electron chi connectivity index (χ4n) is 0.939. The monoisotopic (exact) mass is 191 g/mol. The molecular formula is C9H21NOS. The van der Waals surface area contributed by atoms with Crippen molar-refractivity contribution in [3.8, 4) is 0 Å². The van der Waals surface area contributed by atoms with Crippen molar-refractivity contribution in [1.82, 2.24) is 0 Å². The molecule has 0 rings (SSSR count). The maximum absolute atomic E-state index is 8.51. The number of hydrogen-bond donors (Lipinski definition) is 2. The van der Waals surface area contributed by atoms with Gasteiger partial charge in [0, 0.05) is 12.6 Å². The molecule has 0 spiro atoms. The van der Waals surface area contributed by atoms with Crippen LogP contribution >= 0.6 is 11.8 Å². The fourth-order valence-corrected chi connectivity index (χ4v) is 1.88. The second-order valence-electron chi connectivity index (χ2n) is 3.16. The van der Waals surface area contributed by atoms with Crippen molar-refractivity contribution in [2.75, 3.05) is 18.1 Å². The van der Waals surface area contributed by atoms with Gasteiger partial charge in [-0.2, -0.15) is 11.8 Å². The third kappa shape index (κ3) is 10.3. The Hall–Kier alpha value is 0.270. The molecule has 1 atom stereocenters. The Bertz CT molecular complexity index is 88.6. The summed E-state index contributed by atoms with van der Waals surface area (Å²) in [5.41, 5.74) is 5.61. The van der Waals surface area contributed by atoms with Crippen molar-refractivity contribution < 1.29 is 5.11 Å². The van der Waals surface area contributed by atoms with E-state index >= 15 is 0 Å². The summed E-state index contributed by atoms with van der Waals surface area (Å²) in [7, 11) is 0. The zero-order chi connectivity index (χ0) is 9.23. The number of thioether (sulfide) groups is 1. The zero-order valence-corrected chi connectivity index (χ0v) is 8.78. The predicted molar refractivity (Wildman–Crippen MR) is 56.5 cm³/mol. The van der Waals surface area contributed by atoms with Gasteiger partial charge in [0.1, 0.15) is 0 Å². The summed E-state index contributed by atoms with van der Waals surface area (Å²) < 4.78 is 0. The highest BCUT2D eigenvalue weighted by atomic mass is 32.2. The van der Waals surface area contributed by atoms with E-state index in [4.69, 9.17) is 10.8 Å². The lowest BCUT2D eigenvalue weighted by Gasteiger charge is -2.03. The van der Waals surface area contributed by atoms with Crippen LogP contribution in [0.1, 0.15) is 32.6 Å². The first-order valence-electron chi connectivity index (χ1n) is 4.71. The Kier molecular flexibility index (Phi) is 9.57. The number of rotatable bonds is 8. The Morgan fingerprint density at radius 3 is 2.50 bits per heavy atom. The lowest BCUT2D eigenvalue weighted by Crippen LogP contribution is -2.14. The summed E-state index contributed by atoms with van der Waals surface area (Å²) in [6.45, 7) is 2.38. The molecule has 12 heavy (non-hydrogen) atoms. The first-order chi connectivity index (χ1) is 5.77. The van der Waals surface area contributed by atoms with E-state index in [1.807, 2.05) is 11.8 Å². The lowest BCUT2D eigenvalue weighted by molar-refractivity contribution is 0.296. The quantitative estimate of drug-likeness (QED) is 0.573. The second-order valence-corrected chi connectivity index (χ2v) is 4.39. The maximum Gasteiger partial charge on any atom is 0.0438 e. The van der Waals surface area contributed by atoms with Gasteiger partial charge in [-0.3, -0.25) is 0 Å². The summed E-state index contributed by atoms with van der Waals surface area (Å²) in [6.07, 6.45) is 4.57. The van der Waals surface area contributed by atoms with Gasteiger partial charge in [-0.1, -0.05) is 6.42 Å². The molecule has 3 heteroatoms. The molecule has 0 aliphatic rings. The fraction of sp³-hybridized carbons (Fsp3) is 1.00. The van der Waals surface area contributed by atoms with Gasteiger partial charge in [-0.15, -0.1) is 0 Å². The van der Waals surface area contributed by atoms with Crippen LogP contribution in [0.2, 0.25) is 0 Å². The van der Waals surface area contributed by atoms with Gasteiger partial charge in [-0.25, -0.2) is 0 Å². The van der Waals surface area contributed by atoms with Crippen LogP contribution in [0.15, 0.2) is 0 Å². The molecule has 2 nitrogen and oxygen atoms in total. The first kappa shape index (κ1) is 12.3. The highest BCUT2D eigenvalue weighted by Crippen LogP contribution is 2.07. The highest BCUT2D eigenvalue weighted by Gasteiger charge is 1.94. The van der Waals surface area contributed by atoms with Crippen LogP contribution in [0.4, 0.5) is 0 Å². The Labute approximate surface area is 79.9 Å². The summed E-state index contributed by atoms with van der Waals surface area (Å²) in [5, 5.41) is 8.51. The molecule has 3 N–H and O–H groups in total. The van der Waals surface area contributed by atoms with Crippen LogP contribution in [0.3, 0.4) is 0 Å². The molecule has 0 aliphatic carbocycles. The standard InChI is InChI=1S/C9H21NOS/c1-9(10)5-2-3-7-12-8-4-6-11/h9,11H,2-8,10H2,1H3. The molecule has 0 aromatic heterocycles. The van der Waals surface area contributed by atoms with Gasteiger partial charge in [0.25, 0.3) is 0 Å². The summed E-state index contributed by atoms with van der Waals surface area (Å²) >= 11 is 1.93. The van der Waals surface area contributed by atoms with Crippen molar-refractivity contribution in [2.24, 2.45) is 5.73 Å². The number of unbranched alkanes of at least 4 members (excludes halogenated alkanes) is 1. The van der Waals surface area contributed by atoms with Gasteiger partial charge in [0.15, 0.2) is 0 Å². The molecule has 0 saturated heterocycles. The van der Waals surface area contributed by atoms with E-state index < -0.39 is 0 Å².